The van der Waals surface area contributed by atoms with Crippen LogP contribution in [-0.2, 0) is 11.2 Å². The van der Waals surface area contributed by atoms with E-state index in [1.807, 2.05) is 0 Å². The Morgan fingerprint density at radius 2 is 2.21 bits per heavy atom. The molecule has 1 heterocycles. The minimum atomic E-state index is -1.00. The van der Waals surface area contributed by atoms with Crippen molar-refractivity contribution in [3.63, 3.8) is 0 Å². The number of primary amides is 1. The topological polar surface area (TPSA) is 75.4 Å². The molecule has 1 saturated heterocycles. The second kappa shape index (κ2) is 5.67. The maximum absolute atomic E-state index is 12.8. The van der Waals surface area contributed by atoms with Crippen LogP contribution in [0, 0.1) is 12.2 Å². The lowest BCUT2D eigenvalue weighted by atomic mass is 9.83. The Labute approximate surface area is 111 Å². The van der Waals surface area contributed by atoms with Gasteiger partial charge in [-0.15, -0.1) is 0 Å². The fourth-order valence-electron chi connectivity index (χ4n) is 2.31. The van der Waals surface area contributed by atoms with Crippen molar-refractivity contribution in [1.82, 2.24) is 5.32 Å². The molecule has 0 aliphatic carbocycles. The molecule has 0 spiro atoms. The molecule has 5 heteroatoms. The molecule has 1 aliphatic heterocycles. The maximum Gasteiger partial charge on any atom is 0.234 e. The number of hydrogen-bond donors (Lipinski definition) is 3. The van der Waals surface area contributed by atoms with E-state index in [1.165, 1.54) is 12.1 Å². The van der Waals surface area contributed by atoms with Gasteiger partial charge in [0.25, 0.3) is 0 Å². The highest BCUT2D eigenvalue weighted by Crippen LogP contribution is 2.26. The van der Waals surface area contributed by atoms with Crippen LogP contribution in [0.25, 0.3) is 0 Å². The van der Waals surface area contributed by atoms with E-state index in [-0.39, 0.29) is 12.2 Å². The molecule has 1 aromatic carbocycles. The third-order valence-corrected chi connectivity index (χ3v) is 3.48. The van der Waals surface area contributed by atoms with Gasteiger partial charge >= 0.3 is 0 Å². The highest BCUT2D eigenvalue weighted by Gasteiger charge is 2.36. The van der Waals surface area contributed by atoms with E-state index in [2.05, 4.69) is 5.32 Å². The maximum atomic E-state index is 12.8. The summed E-state index contributed by atoms with van der Waals surface area (Å²) in [5.41, 5.74) is 5.16. The molecule has 2 unspecified atom stereocenters. The van der Waals surface area contributed by atoms with Gasteiger partial charge in [-0.1, -0.05) is 12.1 Å². The van der Waals surface area contributed by atoms with Gasteiger partial charge in [0.2, 0.25) is 5.91 Å². The number of rotatable bonds is 4. The van der Waals surface area contributed by atoms with Crippen LogP contribution in [0.3, 0.4) is 0 Å². The normalized spacial score (nSPS) is 27.2. The summed E-state index contributed by atoms with van der Waals surface area (Å²) >= 11 is 0. The van der Waals surface area contributed by atoms with Crippen LogP contribution < -0.4 is 11.1 Å². The fourth-order valence-corrected chi connectivity index (χ4v) is 2.31. The predicted molar refractivity (Wildman–Crippen MR) is 69.6 cm³/mol. The average molecular weight is 265 g/mol. The van der Waals surface area contributed by atoms with E-state index in [9.17, 15) is 14.3 Å². The zero-order valence-corrected chi connectivity index (χ0v) is 10.6. The summed E-state index contributed by atoms with van der Waals surface area (Å²) < 4.78 is 12.8. The standard InChI is InChI=1S/C14H18FN2O2/c15-11-3-1-10(2-4-11)5-6-14(19)7-8-17-12(9-14)13(16)18/h1-4,6,12,17,19H,5,7-9H2,(H2,16,18). The highest BCUT2D eigenvalue weighted by molar-refractivity contribution is 5.80. The van der Waals surface area contributed by atoms with Gasteiger partial charge in [0.1, 0.15) is 5.82 Å². The summed E-state index contributed by atoms with van der Waals surface area (Å²) in [6, 6.07) is 5.65. The van der Waals surface area contributed by atoms with Gasteiger partial charge in [0, 0.05) is 6.42 Å². The van der Waals surface area contributed by atoms with Crippen molar-refractivity contribution in [2.75, 3.05) is 6.54 Å². The van der Waals surface area contributed by atoms with Crippen LogP contribution in [0.4, 0.5) is 4.39 Å². The molecule has 1 aromatic rings. The van der Waals surface area contributed by atoms with Gasteiger partial charge in [0.05, 0.1) is 11.6 Å². The van der Waals surface area contributed by atoms with Crippen molar-refractivity contribution in [3.05, 3.63) is 42.1 Å². The molecule has 2 rings (SSSR count). The smallest absolute Gasteiger partial charge is 0.234 e. The lowest BCUT2D eigenvalue weighted by Crippen LogP contribution is -2.53. The first-order valence-corrected chi connectivity index (χ1v) is 6.32. The lowest BCUT2D eigenvalue weighted by Gasteiger charge is -2.36. The second-order valence-electron chi connectivity index (χ2n) is 5.00. The van der Waals surface area contributed by atoms with E-state index < -0.39 is 17.6 Å². The minimum Gasteiger partial charge on any atom is -0.389 e. The van der Waals surface area contributed by atoms with Gasteiger partial charge in [0.15, 0.2) is 0 Å². The Morgan fingerprint density at radius 1 is 1.53 bits per heavy atom. The summed E-state index contributed by atoms with van der Waals surface area (Å²) in [5, 5.41) is 13.4. The number of piperidine rings is 1. The summed E-state index contributed by atoms with van der Waals surface area (Å²) in [6.45, 7) is 0.546. The Hall–Kier alpha value is -1.46. The fraction of sp³-hybridized carbons (Fsp3) is 0.429. The Morgan fingerprint density at radius 3 is 2.84 bits per heavy atom. The first kappa shape index (κ1) is 14.0. The zero-order valence-electron chi connectivity index (χ0n) is 10.6. The van der Waals surface area contributed by atoms with E-state index in [1.54, 1.807) is 18.6 Å². The minimum absolute atomic E-state index is 0.280. The summed E-state index contributed by atoms with van der Waals surface area (Å²) in [6.07, 6.45) is 3.13. The van der Waals surface area contributed by atoms with E-state index in [0.29, 0.717) is 19.4 Å². The van der Waals surface area contributed by atoms with Crippen LogP contribution in [0.15, 0.2) is 24.3 Å². The van der Waals surface area contributed by atoms with E-state index >= 15 is 0 Å². The molecule has 103 valence electrons. The van der Waals surface area contributed by atoms with Crippen molar-refractivity contribution >= 4 is 5.91 Å². The molecule has 0 bridgehead atoms. The first-order chi connectivity index (χ1) is 8.98. The number of halogens is 1. The molecule has 0 aromatic heterocycles. The largest absolute Gasteiger partial charge is 0.389 e. The third kappa shape index (κ3) is 3.75. The van der Waals surface area contributed by atoms with E-state index in [0.717, 1.165) is 5.56 Å². The second-order valence-corrected chi connectivity index (χ2v) is 5.00. The number of hydrogen-bond acceptors (Lipinski definition) is 3. The number of nitrogens with one attached hydrogen (secondary N) is 1. The number of benzene rings is 1. The Kier molecular flexibility index (Phi) is 4.17. The zero-order chi connectivity index (χ0) is 13.9. The summed E-state index contributed by atoms with van der Waals surface area (Å²) in [5.74, 6) is -0.730. The molecule has 1 aliphatic rings. The molecule has 1 amide bonds. The third-order valence-electron chi connectivity index (χ3n) is 3.48. The highest BCUT2D eigenvalue weighted by atomic mass is 19.1. The quantitative estimate of drug-likeness (QED) is 0.744. The molecule has 4 nitrogen and oxygen atoms in total. The number of carbonyl (C=O) groups is 1. The molecule has 1 fully saturated rings. The number of carbonyl (C=O) groups excluding carboxylic acids is 1. The van der Waals surface area contributed by atoms with Crippen molar-refractivity contribution in [1.29, 1.82) is 0 Å². The van der Waals surface area contributed by atoms with Crippen LogP contribution in [0.1, 0.15) is 18.4 Å². The predicted octanol–water partition coefficient (Wildman–Crippen LogP) is 0.541. The molecule has 4 N–H and O–H groups in total. The number of amides is 1. The Bertz CT molecular complexity index is 449. The molecule has 19 heavy (non-hydrogen) atoms. The molecule has 1 radical (unpaired) electrons. The molecular weight excluding hydrogens is 247 g/mol. The molecule has 0 saturated carbocycles. The molecule has 2 atom stereocenters. The Balaban J connectivity index is 1.93. The van der Waals surface area contributed by atoms with Gasteiger partial charge in [-0.2, -0.15) is 0 Å². The van der Waals surface area contributed by atoms with Gasteiger partial charge in [-0.05, 0) is 43.5 Å². The van der Waals surface area contributed by atoms with Crippen molar-refractivity contribution in [2.24, 2.45) is 5.73 Å². The van der Waals surface area contributed by atoms with Crippen LogP contribution >= 0.6 is 0 Å². The average Bonchev–Trinajstić information content (AvgIpc) is 2.38. The van der Waals surface area contributed by atoms with Crippen LogP contribution in [-0.4, -0.2) is 29.2 Å². The van der Waals surface area contributed by atoms with Crippen molar-refractivity contribution < 1.29 is 14.3 Å². The van der Waals surface area contributed by atoms with Gasteiger partial charge < -0.3 is 16.2 Å². The monoisotopic (exact) mass is 265 g/mol. The van der Waals surface area contributed by atoms with E-state index in [4.69, 9.17) is 5.73 Å². The SMILES string of the molecule is NC(=O)C1CC(O)([CH]Cc2ccc(F)cc2)CCN1. The lowest BCUT2D eigenvalue weighted by molar-refractivity contribution is -0.122. The van der Waals surface area contributed by atoms with Gasteiger partial charge in [-0.25, -0.2) is 4.39 Å². The summed E-state index contributed by atoms with van der Waals surface area (Å²) in [7, 11) is 0. The number of aliphatic hydroxyl groups is 1. The summed E-state index contributed by atoms with van der Waals surface area (Å²) in [4.78, 5) is 11.1. The van der Waals surface area contributed by atoms with Crippen molar-refractivity contribution in [2.45, 2.75) is 30.9 Å². The molecular formula is C14H18FN2O2. The first-order valence-electron chi connectivity index (χ1n) is 6.32. The van der Waals surface area contributed by atoms with Crippen LogP contribution in [0.2, 0.25) is 0 Å². The van der Waals surface area contributed by atoms with Crippen molar-refractivity contribution in [3.8, 4) is 0 Å². The van der Waals surface area contributed by atoms with Gasteiger partial charge in [-0.3, -0.25) is 4.79 Å². The number of nitrogens with two attached hydrogens (primary N) is 1. The van der Waals surface area contributed by atoms with Crippen LogP contribution in [0.5, 0.6) is 0 Å².